The molecular weight excluding hydrogens is 465 g/mol. The third-order valence-corrected chi connectivity index (χ3v) is 11.8. The first kappa shape index (κ1) is 25.2. The maximum atomic E-state index is 10.4. The molecular formula is C24H42InNO3. The molecule has 1 aromatic carbocycles. The molecule has 1 fully saturated rings. The number of nitrogens with zero attached hydrogens (tertiary/aromatic N) is 1. The molecule has 0 aromatic heterocycles. The molecule has 0 aliphatic carbocycles. The summed E-state index contributed by atoms with van der Waals surface area (Å²) in [5.74, 6) is 0.634. The van der Waals surface area contributed by atoms with Crippen molar-refractivity contribution < 1.29 is 14.6 Å². The summed E-state index contributed by atoms with van der Waals surface area (Å²) in [7, 11) is 3.59. The molecule has 1 aromatic rings. The molecule has 5 unspecified atom stereocenters. The van der Waals surface area contributed by atoms with Gasteiger partial charge in [-0.25, -0.2) is 0 Å². The van der Waals surface area contributed by atoms with Crippen molar-refractivity contribution in [3.05, 3.63) is 35.9 Å². The molecule has 0 amide bonds. The van der Waals surface area contributed by atoms with Crippen molar-refractivity contribution in [3.8, 4) is 0 Å². The summed E-state index contributed by atoms with van der Waals surface area (Å²) >= 11 is 0.373. The third kappa shape index (κ3) is 7.24. The zero-order chi connectivity index (χ0) is 21.3. The summed E-state index contributed by atoms with van der Waals surface area (Å²) < 4.78 is 11.6. The summed E-state index contributed by atoms with van der Waals surface area (Å²) in [4.78, 5) is 2.61. The Labute approximate surface area is 192 Å². The number of hydrogen-bond acceptors (Lipinski definition) is 4. The minimum absolute atomic E-state index is 0.132. The molecule has 164 valence electrons. The third-order valence-electron chi connectivity index (χ3n) is 7.18. The van der Waals surface area contributed by atoms with Gasteiger partial charge in [0.25, 0.3) is 0 Å². The predicted molar refractivity (Wildman–Crippen MR) is 123 cm³/mol. The van der Waals surface area contributed by atoms with Crippen LogP contribution in [0.1, 0.15) is 57.9 Å². The van der Waals surface area contributed by atoms with Crippen LogP contribution in [0.5, 0.6) is 0 Å². The summed E-state index contributed by atoms with van der Waals surface area (Å²) in [6, 6.07) is 11.3. The molecule has 2 rings (SSSR count). The van der Waals surface area contributed by atoms with Gasteiger partial charge in [0.1, 0.15) is 0 Å². The first-order valence-corrected chi connectivity index (χ1v) is 14.3. The predicted octanol–water partition coefficient (Wildman–Crippen LogP) is 3.68. The number of aliphatic hydroxyl groups is 1. The van der Waals surface area contributed by atoms with Crippen LogP contribution in [0.15, 0.2) is 30.3 Å². The van der Waals surface area contributed by atoms with E-state index < -0.39 is 0 Å². The Morgan fingerprint density at radius 3 is 2.38 bits per heavy atom. The monoisotopic (exact) mass is 507 g/mol. The van der Waals surface area contributed by atoms with Crippen LogP contribution in [0.2, 0.25) is 3.17 Å². The molecule has 1 aliphatic rings. The van der Waals surface area contributed by atoms with Crippen LogP contribution in [-0.4, -0.2) is 80.0 Å². The molecule has 0 radical (unpaired) electrons. The first-order valence-electron chi connectivity index (χ1n) is 11.4. The molecule has 5 heteroatoms. The van der Waals surface area contributed by atoms with E-state index in [1.165, 1.54) is 18.4 Å². The Balaban J connectivity index is 1.94. The topological polar surface area (TPSA) is 41.9 Å². The van der Waals surface area contributed by atoms with Crippen LogP contribution >= 0.6 is 0 Å². The van der Waals surface area contributed by atoms with Crippen molar-refractivity contribution in [3.63, 3.8) is 0 Å². The molecule has 0 spiro atoms. The number of hydrogen-bond donors (Lipinski definition) is 1. The van der Waals surface area contributed by atoms with E-state index in [1.54, 1.807) is 14.2 Å². The number of rotatable bonds is 12. The number of piperidine rings is 1. The molecule has 1 saturated heterocycles. The van der Waals surface area contributed by atoms with E-state index >= 15 is 0 Å². The number of aliphatic hydroxyl groups excluding tert-OH is 1. The number of methoxy groups -OCH3 is 2. The Morgan fingerprint density at radius 1 is 1.17 bits per heavy atom. The van der Waals surface area contributed by atoms with Gasteiger partial charge in [-0.3, -0.25) is 0 Å². The quantitative estimate of drug-likeness (QED) is 0.469. The number of benzene rings is 1. The van der Waals surface area contributed by atoms with E-state index in [0.717, 1.165) is 38.8 Å². The molecule has 0 saturated carbocycles. The molecule has 0 bridgehead atoms. The summed E-state index contributed by atoms with van der Waals surface area (Å²) in [6.45, 7) is 7.06. The molecule has 29 heavy (non-hydrogen) atoms. The minimum atomic E-state index is 0.132. The standard InChI is InChI=1S/C24H40NO3.In.2H/c1-5-9-23(27-3)24(28-4)13-12-22(18-26)21-14-15-25(19(2)16-21)17-20-10-7-6-8-11-20;;;/h6-8,10-11,19,21,23-24,26H,5,9,12-18H2,1-4H3;;;. The second-order valence-corrected chi connectivity index (χ2v) is 14.9. The van der Waals surface area contributed by atoms with Crippen molar-refractivity contribution in [2.75, 3.05) is 27.4 Å². The van der Waals surface area contributed by atoms with Gasteiger partial charge in [0.15, 0.2) is 0 Å². The van der Waals surface area contributed by atoms with Crippen LogP contribution in [0.3, 0.4) is 0 Å². The molecule has 5 atom stereocenters. The van der Waals surface area contributed by atoms with E-state index in [9.17, 15) is 5.11 Å². The van der Waals surface area contributed by atoms with Crippen LogP contribution in [-0.2, 0) is 16.0 Å². The van der Waals surface area contributed by atoms with E-state index in [-0.39, 0.29) is 15.4 Å². The second kappa shape index (κ2) is 12.7. The van der Waals surface area contributed by atoms with Gasteiger partial charge in [0.05, 0.1) is 0 Å². The maximum absolute atomic E-state index is 10.4. The average Bonchev–Trinajstić information content (AvgIpc) is 2.75. The average molecular weight is 507 g/mol. The van der Waals surface area contributed by atoms with Crippen molar-refractivity contribution in [1.29, 1.82) is 0 Å². The Kier molecular flexibility index (Phi) is 11.0. The summed E-state index contributed by atoms with van der Waals surface area (Å²) in [5, 5.41) is 10.4. The van der Waals surface area contributed by atoms with Gasteiger partial charge >= 0.3 is 193 Å². The van der Waals surface area contributed by atoms with Crippen molar-refractivity contribution in [2.45, 2.75) is 80.3 Å². The Bertz CT molecular complexity index is 573. The second-order valence-electron chi connectivity index (χ2n) is 9.21. The fourth-order valence-electron chi connectivity index (χ4n) is 4.99. The van der Waals surface area contributed by atoms with Crippen LogP contribution in [0.4, 0.5) is 0 Å². The van der Waals surface area contributed by atoms with Gasteiger partial charge in [-0.15, -0.1) is 0 Å². The molecule has 4 nitrogen and oxygen atoms in total. The zero-order valence-electron chi connectivity index (χ0n) is 19.3. The van der Waals surface area contributed by atoms with Crippen molar-refractivity contribution in [1.82, 2.24) is 4.90 Å². The fourth-order valence-corrected chi connectivity index (χ4v) is 7.31. The van der Waals surface area contributed by atoms with Crippen molar-refractivity contribution >= 4 is 24.4 Å². The SMILES string of the molecule is CCCC(OC)C(CC[C]([InH2])(CO)C1CCN(Cc2ccccc2)C(C)C1)OC. The fraction of sp³-hybridized carbons (Fsp3) is 0.750. The Hall–Kier alpha value is -0.0699. The van der Waals surface area contributed by atoms with Crippen LogP contribution in [0, 0.1) is 5.92 Å². The molecule has 1 heterocycles. The van der Waals surface area contributed by atoms with Crippen LogP contribution < -0.4 is 0 Å². The number of ether oxygens (including phenoxy) is 2. The summed E-state index contributed by atoms with van der Waals surface area (Å²) in [6.07, 6.45) is 6.88. The van der Waals surface area contributed by atoms with Gasteiger partial charge in [-0.1, -0.05) is 0 Å². The van der Waals surface area contributed by atoms with Gasteiger partial charge in [-0.05, 0) is 0 Å². The van der Waals surface area contributed by atoms with Gasteiger partial charge in [0.2, 0.25) is 0 Å². The van der Waals surface area contributed by atoms with E-state index in [2.05, 4.69) is 49.1 Å². The van der Waals surface area contributed by atoms with Gasteiger partial charge < -0.3 is 0 Å². The summed E-state index contributed by atoms with van der Waals surface area (Å²) in [5.41, 5.74) is 1.39. The van der Waals surface area contributed by atoms with Gasteiger partial charge in [0, 0.05) is 0 Å². The van der Waals surface area contributed by atoms with Crippen LogP contribution in [0.25, 0.3) is 0 Å². The van der Waals surface area contributed by atoms with Gasteiger partial charge in [-0.2, -0.15) is 0 Å². The molecule has 1 N–H and O–H groups in total. The molecule has 1 aliphatic heterocycles. The van der Waals surface area contributed by atoms with E-state index in [4.69, 9.17) is 9.47 Å². The van der Waals surface area contributed by atoms with E-state index in [1.807, 2.05) is 0 Å². The zero-order valence-corrected chi connectivity index (χ0v) is 25.0. The van der Waals surface area contributed by atoms with E-state index in [0.29, 0.717) is 42.9 Å². The first-order chi connectivity index (χ1) is 14.0. The van der Waals surface area contributed by atoms with Crippen molar-refractivity contribution in [2.24, 2.45) is 5.92 Å². The normalized spacial score (nSPS) is 24.7. The number of likely N-dealkylation sites (tertiary alicyclic amines) is 1. The Morgan fingerprint density at radius 2 is 1.83 bits per heavy atom.